The van der Waals surface area contributed by atoms with Crippen LogP contribution in [0.1, 0.15) is 55.6 Å². The molecule has 0 saturated carbocycles. The lowest BCUT2D eigenvalue weighted by Gasteiger charge is -2.29. The number of amides is 1. The Morgan fingerprint density at radius 3 is 2.72 bits per heavy atom. The summed E-state index contributed by atoms with van der Waals surface area (Å²) in [4.78, 5) is 32.3. The molecule has 0 aromatic carbocycles. The van der Waals surface area contributed by atoms with E-state index in [9.17, 15) is 9.59 Å². The number of imidazole rings is 1. The lowest BCUT2D eigenvalue weighted by Crippen LogP contribution is -2.50. The average Bonchev–Trinajstić information content (AvgIpc) is 3.38. The van der Waals surface area contributed by atoms with Gasteiger partial charge in [0.2, 0.25) is 5.76 Å². The van der Waals surface area contributed by atoms with E-state index in [4.69, 9.17) is 27.2 Å². The van der Waals surface area contributed by atoms with Crippen LogP contribution in [0.2, 0.25) is 0 Å². The number of Topliss-reactive ketones (excluding diaryl/α,β-unsaturated/α-hetero) is 1. The number of nitrogens with zero attached hydrogens (tertiary/aromatic N) is 2. The van der Waals surface area contributed by atoms with Gasteiger partial charge in [0.1, 0.15) is 11.2 Å². The van der Waals surface area contributed by atoms with Gasteiger partial charge in [-0.15, -0.1) is 0 Å². The topological polar surface area (TPSA) is 136 Å². The normalized spacial score (nSPS) is 14.3. The SMILES string of the molecule is CCC[C@H](NC(=O)c1cc([C@](N)(C(=O)Cc2cnc[nH]2)C(C)C)no1)C(=S)OC. The number of methoxy groups -OCH3 is 1. The van der Waals surface area contributed by atoms with Crippen molar-refractivity contribution in [2.75, 3.05) is 7.11 Å². The van der Waals surface area contributed by atoms with Crippen LogP contribution in [0, 0.1) is 5.92 Å². The number of hydrogen-bond acceptors (Lipinski definition) is 8. The molecule has 2 aromatic rings. The average molecular weight is 422 g/mol. The number of H-pyrrole nitrogens is 1. The van der Waals surface area contributed by atoms with Crippen LogP contribution in [-0.4, -0.2) is 45.0 Å². The highest BCUT2D eigenvalue weighted by Gasteiger charge is 2.42. The van der Waals surface area contributed by atoms with Crippen LogP contribution >= 0.6 is 12.2 Å². The van der Waals surface area contributed by atoms with E-state index in [0.29, 0.717) is 12.1 Å². The van der Waals surface area contributed by atoms with E-state index in [-0.39, 0.29) is 34.6 Å². The van der Waals surface area contributed by atoms with Gasteiger partial charge in [0.15, 0.2) is 10.8 Å². The molecule has 0 aliphatic heterocycles. The molecule has 2 aromatic heterocycles. The standard InChI is InChI=1S/C19H27N5O4S/c1-5-6-13(18(29)27-4)23-17(26)14-8-15(24-28-14)19(20,11(2)3)16(25)7-12-9-21-10-22-12/h8-11,13H,5-7,20H2,1-4H3,(H,21,22)(H,23,26)/t13-,19-/m0/s1. The monoisotopic (exact) mass is 421 g/mol. The van der Waals surface area contributed by atoms with Crippen molar-refractivity contribution in [3.8, 4) is 0 Å². The van der Waals surface area contributed by atoms with E-state index < -0.39 is 17.5 Å². The number of nitrogens with two attached hydrogens (primary N) is 1. The van der Waals surface area contributed by atoms with Gasteiger partial charge in [0, 0.05) is 18.0 Å². The number of rotatable bonds is 10. The summed E-state index contributed by atoms with van der Waals surface area (Å²) < 4.78 is 10.3. The van der Waals surface area contributed by atoms with Gasteiger partial charge in [-0.1, -0.05) is 32.3 Å². The summed E-state index contributed by atoms with van der Waals surface area (Å²) in [5, 5.41) is 6.98. The number of ketones is 1. The minimum atomic E-state index is -1.42. The number of carbonyl (C=O) groups excluding carboxylic acids is 2. The first-order valence-electron chi connectivity index (χ1n) is 9.39. The summed E-state index contributed by atoms with van der Waals surface area (Å²) in [6.45, 7) is 5.60. The van der Waals surface area contributed by atoms with Crippen LogP contribution in [0.15, 0.2) is 23.1 Å². The number of carbonyl (C=O) groups is 2. The first kappa shape index (κ1) is 22.7. The second kappa shape index (κ2) is 9.75. The van der Waals surface area contributed by atoms with E-state index in [0.717, 1.165) is 6.42 Å². The first-order chi connectivity index (χ1) is 13.7. The summed E-state index contributed by atoms with van der Waals surface area (Å²) >= 11 is 5.14. The molecule has 0 aliphatic rings. The molecular formula is C19H27N5O4S. The molecule has 0 aliphatic carbocycles. The van der Waals surface area contributed by atoms with Crippen molar-refractivity contribution in [1.82, 2.24) is 20.4 Å². The van der Waals surface area contributed by atoms with Gasteiger partial charge >= 0.3 is 0 Å². The summed E-state index contributed by atoms with van der Waals surface area (Å²) in [5.74, 6) is -1.10. The molecule has 29 heavy (non-hydrogen) atoms. The second-order valence-corrected chi connectivity index (χ2v) is 7.52. The third-order valence-corrected chi connectivity index (χ3v) is 5.26. The summed E-state index contributed by atoms with van der Waals surface area (Å²) in [5.41, 5.74) is 5.90. The predicted molar refractivity (Wildman–Crippen MR) is 110 cm³/mol. The molecule has 2 atom stereocenters. The molecule has 0 unspecified atom stereocenters. The van der Waals surface area contributed by atoms with E-state index in [2.05, 4.69) is 20.4 Å². The highest BCUT2D eigenvalue weighted by Crippen LogP contribution is 2.29. The fourth-order valence-electron chi connectivity index (χ4n) is 2.95. The van der Waals surface area contributed by atoms with Crippen LogP contribution in [0.3, 0.4) is 0 Å². The number of thiocarbonyl (C=S) groups is 1. The lowest BCUT2D eigenvalue weighted by molar-refractivity contribution is -0.125. The van der Waals surface area contributed by atoms with E-state index in [1.54, 1.807) is 6.20 Å². The van der Waals surface area contributed by atoms with Crippen LogP contribution in [0.25, 0.3) is 0 Å². The Kier molecular flexibility index (Phi) is 7.63. The van der Waals surface area contributed by atoms with Crippen LogP contribution in [-0.2, 0) is 21.5 Å². The molecule has 0 bridgehead atoms. The molecule has 4 N–H and O–H groups in total. The predicted octanol–water partition coefficient (Wildman–Crippen LogP) is 1.89. The molecule has 1 amide bonds. The summed E-state index contributed by atoms with van der Waals surface area (Å²) in [7, 11) is 1.46. The number of aromatic nitrogens is 3. The number of ether oxygens (including phenoxy) is 1. The van der Waals surface area contributed by atoms with Gasteiger partial charge in [-0.25, -0.2) is 4.98 Å². The van der Waals surface area contributed by atoms with E-state index >= 15 is 0 Å². The molecule has 158 valence electrons. The van der Waals surface area contributed by atoms with Crippen molar-refractivity contribution in [3.05, 3.63) is 35.7 Å². The largest absolute Gasteiger partial charge is 0.488 e. The van der Waals surface area contributed by atoms with Crippen molar-refractivity contribution in [2.24, 2.45) is 11.7 Å². The highest BCUT2D eigenvalue weighted by molar-refractivity contribution is 7.80. The zero-order valence-corrected chi connectivity index (χ0v) is 17.8. The Morgan fingerprint density at radius 1 is 1.45 bits per heavy atom. The smallest absolute Gasteiger partial charge is 0.290 e. The zero-order chi connectivity index (χ0) is 21.6. The summed E-state index contributed by atoms with van der Waals surface area (Å²) in [6.07, 6.45) is 4.54. The fourth-order valence-corrected chi connectivity index (χ4v) is 3.12. The molecule has 9 nitrogen and oxygen atoms in total. The van der Waals surface area contributed by atoms with E-state index in [1.165, 1.54) is 19.5 Å². The van der Waals surface area contributed by atoms with Crippen molar-refractivity contribution in [1.29, 1.82) is 0 Å². The number of hydrogen-bond donors (Lipinski definition) is 3. The molecule has 10 heteroatoms. The molecular weight excluding hydrogens is 394 g/mol. The minimum Gasteiger partial charge on any atom is -0.488 e. The molecule has 0 saturated heterocycles. The number of nitrogens with one attached hydrogen (secondary N) is 2. The Bertz CT molecular complexity index is 849. The van der Waals surface area contributed by atoms with Crippen molar-refractivity contribution >= 4 is 29.0 Å². The van der Waals surface area contributed by atoms with Crippen molar-refractivity contribution in [3.63, 3.8) is 0 Å². The summed E-state index contributed by atoms with van der Waals surface area (Å²) in [6, 6.07) is 0.967. The van der Waals surface area contributed by atoms with E-state index in [1.807, 2.05) is 20.8 Å². The minimum absolute atomic E-state index is 0.0511. The van der Waals surface area contributed by atoms with Gasteiger partial charge in [-0.2, -0.15) is 0 Å². The Hall–Kier alpha value is -2.59. The van der Waals surface area contributed by atoms with Gasteiger partial charge in [0.05, 0.1) is 25.9 Å². The molecule has 2 rings (SSSR count). The third kappa shape index (κ3) is 5.07. The second-order valence-electron chi connectivity index (χ2n) is 7.11. The van der Waals surface area contributed by atoms with Crippen LogP contribution in [0.4, 0.5) is 0 Å². The van der Waals surface area contributed by atoms with Crippen LogP contribution in [0.5, 0.6) is 0 Å². The fraction of sp³-hybridized carbons (Fsp3) is 0.526. The van der Waals surface area contributed by atoms with Gasteiger partial charge in [-0.05, 0) is 24.6 Å². The van der Waals surface area contributed by atoms with Crippen LogP contribution < -0.4 is 11.1 Å². The Labute approximate surface area is 174 Å². The molecule has 0 fully saturated rings. The maximum absolute atomic E-state index is 13.0. The molecule has 2 heterocycles. The number of aromatic amines is 1. The highest BCUT2D eigenvalue weighted by atomic mass is 32.1. The maximum Gasteiger partial charge on any atom is 0.290 e. The third-order valence-electron chi connectivity index (χ3n) is 4.80. The van der Waals surface area contributed by atoms with Gasteiger partial charge < -0.3 is 25.3 Å². The lowest BCUT2D eigenvalue weighted by atomic mass is 9.79. The molecule has 0 radical (unpaired) electrons. The first-order valence-corrected chi connectivity index (χ1v) is 9.80. The zero-order valence-electron chi connectivity index (χ0n) is 17.0. The molecule has 0 spiro atoms. The quantitative estimate of drug-likeness (QED) is 0.495. The van der Waals surface area contributed by atoms with Gasteiger partial charge in [0.25, 0.3) is 5.91 Å². The van der Waals surface area contributed by atoms with Gasteiger partial charge in [-0.3, -0.25) is 9.59 Å². The van der Waals surface area contributed by atoms with Crippen molar-refractivity contribution < 1.29 is 18.8 Å². The maximum atomic E-state index is 13.0. The Morgan fingerprint density at radius 2 is 2.17 bits per heavy atom. The Balaban J connectivity index is 2.23. The van der Waals surface area contributed by atoms with Crippen molar-refractivity contribution in [2.45, 2.75) is 51.6 Å².